The lowest BCUT2D eigenvalue weighted by Crippen LogP contribution is -2.02. The molecule has 1 nitrogen and oxygen atoms in total. The Kier molecular flexibility index (Phi) is 4.23. The van der Waals surface area contributed by atoms with Gasteiger partial charge in [-0.15, -0.1) is 11.6 Å². The maximum absolute atomic E-state index is 11.9. The zero-order valence-corrected chi connectivity index (χ0v) is 9.01. The van der Waals surface area contributed by atoms with Gasteiger partial charge in [0.15, 0.2) is 0 Å². The molecule has 0 saturated carbocycles. The van der Waals surface area contributed by atoms with Crippen molar-refractivity contribution < 1.29 is 13.5 Å². The van der Waals surface area contributed by atoms with Crippen LogP contribution in [0.4, 0.5) is 8.78 Å². The second-order valence-corrected chi connectivity index (χ2v) is 3.44. The smallest absolute Gasteiger partial charge is 0.387 e. The van der Waals surface area contributed by atoms with Crippen molar-refractivity contribution in [1.29, 1.82) is 0 Å². The molecule has 0 aliphatic carbocycles. The Hall–Kier alpha value is -0.250. The van der Waals surface area contributed by atoms with E-state index in [2.05, 4.69) is 4.74 Å². The van der Waals surface area contributed by atoms with E-state index in [1.165, 1.54) is 12.1 Å². The molecule has 0 amide bonds. The molecule has 0 aromatic heterocycles. The molecular formula is C8H5Cl3F2O. The zero-order valence-electron chi connectivity index (χ0n) is 6.74. The van der Waals surface area contributed by atoms with Crippen LogP contribution in [0.3, 0.4) is 0 Å². The van der Waals surface area contributed by atoms with Gasteiger partial charge in [-0.3, -0.25) is 0 Å². The Morgan fingerprint density at radius 3 is 2.43 bits per heavy atom. The van der Waals surface area contributed by atoms with Gasteiger partial charge in [-0.05, 0) is 11.6 Å². The SMILES string of the molecule is FC(F)Oc1cc(Cl)c(Cl)c(CCl)c1. The number of halogens is 5. The molecule has 14 heavy (non-hydrogen) atoms. The molecule has 0 bridgehead atoms. The molecule has 0 unspecified atom stereocenters. The third-order valence-electron chi connectivity index (χ3n) is 1.45. The third-order valence-corrected chi connectivity index (χ3v) is 2.58. The Labute approximate surface area is 94.5 Å². The summed E-state index contributed by atoms with van der Waals surface area (Å²) in [4.78, 5) is 0. The van der Waals surface area contributed by atoms with Crippen molar-refractivity contribution >= 4 is 34.8 Å². The van der Waals surface area contributed by atoms with Crippen LogP contribution in [0, 0.1) is 0 Å². The molecule has 78 valence electrons. The lowest BCUT2D eigenvalue weighted by atomic mass is 10.2. The number of ether oxygens (including phenoxy) is 1. The molecule has 0 aliphatic rings. The minimum absolute atomic E-state index is 0.0509. The Balaban J connectivity index is 3.03. The minimum atomic E-state index is -2.89. The number of benzene rings is 1. The molecule has 6 heteroatoms. The van der Waals surface area contributed by atoms with Crippen LogP contribution in [0.2, 0.25) is 10.0 Å². The zero-order chi connectivity index (χ0) is 10.7. The largest absolute Gasteiger partial charge is 0.435 e. The van der Waals surface area contributed by atoms with Crippen molar-refractivity contribution in [2.24, 2.45) is 0 Å². The minimum Gasteiger partial charge on any atom is -0.435 e. The van der Waals surface area contributed by atoms with Crippen LogP contribution in [0.15, 0.2) is 12.1 Å². The molecule has 1 aromatic rings. The van der Waals surface area contributed by atoms with E-state index < -0.39 is 6.61 Å². The van der Waals surface area contributed by atoms with E-state index in [1.807, 2.05) is 0 Å². The Morgan fingerprint density at radius 1 is 1.29 bits per heavy atom. The van der Waals surface area contributed by atoms with Crippen LogP contribution in [-0.4, -0.2) is 6.61 Å². The van der Waals surface area contributed by atoms with Gasteiger partial charge in [0.2, 0.25) is 0 Å². The van der Waals surface area contributed by atoms with E-state index in [9.17, 15) is 8.78 Å². The van der Waals surface area contributed by atoms with E-state index in [0.29, 0.717) is 5.56 Å². The molecule has 1 aromatic carbocycles. The van der Waals surface area contributed by atoms with E-state index >= 15 is 0 Å². The molecule has 0 aliphatic heterocycles. The molecule has 0 fully saturated rings. The van der Waals surface area contributed by atoms with Crippen molar-refractivity contribution in [3.63, 3.8) is 0 Å². The van der Waals surface area contributed by atoms with Crippen LogP contribution in [0.5, 0.6) is 5.75 Å². The first-order valence-electron chi connectivity index (χ1n) is 3.53. The molecular weight excluding hydrogens is 256 g/mol. The van der Waals surface area contributed by atoms with Gasteiger partial charge >= 0.3 is 6.61 Å². The van der Waals surface area contributed by atoms with Gasteiger partial charge in [0.05, 0.1) is 10.0 Å². The summed E-state index contributed by atoms with van der Waals surface area (Å²) in [5.41, 5.74) is 0.455. The molecule has 0 spiro atoms. The van der Waals surface area contributed by atoms with Crippen LogP contribution in [-0.2, 0) is 5.88 Å². The molecule has 0 atom stereocenters. The molecule has 0 saturated heterocycles. The van der Waals surface area contributed by atoms with Crippen LogP contribution < -0.4 is 4.74 Å². The monoisotopic (exact) mass is 260 g/mol. The van der Waals surface area contributed by atoms with Gasteiger partial charge in [-0.1, -0.05) is 23.2 Å². The van der Waals surface area contributed by atoms with Crippen molar-refractivity contribution in [3.05, 3.63) is 27.7 Å². The third kappa shape index (κ3) is 2.87. The maximum atomic E-state index is 11.9. The Morgan fingerprint density at radius 2 is 1.93 bits per heavy atom. The summed E-state index contributed by atoms with van der Waals surface area (Å²) in [7, 11) is 0. The van der Waals surface area contributed by atoms with E-state index in [1.54, 1.807) is 0 Å². The average Bonchev–Trinajstić information content (AvgIpc) is 2.10. The molecule has 1 rings (SSSR count). The van der Waals surface area contributed by atoms with Crippen molar-refractivity contribution in [3.8, 4) is 5.75 Å². The topological polar surface area (TPSA) is 9.23 Å². The average molecular weight is 261 g/mol. The van der Waals surface area contributed by atoms with Crippen molar-refractivity contribution in [2.75, 3.05) is 0 Å². The van der Waals surface area contributed by atoms with E-state index in [0.717, 1.165) is 0 Å². The number of alkyl halides is 3. The summed E-state index contributed by atoms with van der Waals surface area (Å²) in [6.45, 7) is -2.89. The Bertz CT molecular complexity index is 331. The fraction of sp³-hybridized carbons (Fsp3) is 0.250. The van der Waals surface area contributed by atoms with Gasteiger partial charge in [0, 0.05) is 11.9 Å². The van der Waals surface area contributed by atoms with Crippen LogP contribution in [0.1, 0.15) is 5.56 Å². The summed E-state index contributed by atoms with van der Waals surface area (Å²) in [5, 5.41) is 0.392. The fourth-order valence-electron chi connectivity index (χ4n) is 0.887. The highest BCUT2D eigenvalue weighted by molar-refractivity contribution is 6.42. The highest BCUT2D eigenvalue weighted by atomic mass is 35.5. The van der Waals surface area contributed by atoms with Gasteiger partial charge in [0.1, 0.15) is 5.75 Å². The number of hydrogen-bond donors (Lipinski definition) is 0. The summed E-state index contributed by atoms with van der Waals surface area (Å²) >= 11 is 16.9. The normalized spacial score (nSPS) is 10.7. The second kappa shape index (κ2) is 5.01. The van der Waals surface area contributed by atoms with Gasteiger partial charge in [0.25, 0.3) is 0 Å². The lowest BCUT2D eigenvalue weighted by molar-refractivity contribution is -0.0498. The maximum Gasteiger partial charge on any atom is 0.387 e. The summed E-state index contributed by atoms with van der Waals surface area (Å²) in [6.07, 6.45) is 0. The first-order valence-corrected chi connectivity index (χ1v) is 4.82. The predicted octanol–water partition coefficient (Wildman–Crippen LogP) is 4.33. The summed E-state index contributed by atoms with van der Waals surface area (Å²) < 4.78 is 27.9. The van der Waals surface area contributed by atoms with Crippen molar-refractivity contribution in [1.82, 2.24) is 0 Å². The highest BCUT2D eigenvalue weighted by Gasteiger charge is 2.10. The second-order valence-electron chi connectivity index (χ2n) is 2.39. The van der Waals surface area contributed by atoms with Crippen LogP contribution in [0.25, 0.3) is 0 Å². The standard InChI is InChI=1S/C8H5Cl3F2O/c9-3-4-1-5(14-8(12)13)2-6(10)7(4)11/h1-2,8H,3H2. The predicted molar refractivity (Wildman–Crippen MR) is 52.7 cm³/mol. The summed E-state index contributed by atoms with van der Waals surface area (Å²) in [6, 6.07) is 2.54. The first kappa shape index (κ1) is 11.8. The molecule has 0 N–H and O–H groups in total. The van der Waals surface area contributed by atoms with Crippen molar-refractivity contribution in [2.45, 2.75) is 12.5 Å². The molecule has 0 heterocycles. The highest BCUT2D eigenvalue weighted by Crippen LogP contribution is 2.32. The van der Waals surface area contributed by atoms with Gasteiger partial charge < -0.3 is 4.74 Å². The van der Waals surface area contributed by atoms with Gasteiger partial charge in [-0.25, -0.2) is 0 Å². The van der Waals surface area contributed by atoms with Gasteiger partial charge in [-0.2, -0.15) is 8.78 Å². The summed E-state index contributed by atoms with van der Waals surface area (Å²) in [5.74, 6) is 0.0315. The molecule has 0 radical (unpaired) electrons. The van der Waals surface area contributed by atoms with E-state index in [4.69, 9.17) is 34.8 Å². The van der Waals surface area contributed by atoms with E-state index in [-0.39, 0.29) is 21.7 Å². The fourth-order valence-corrected chi connectivity index (χ4v) is 1.57. The lowest BCUT2D eigenvalue weighted by Gasteiger charge is -2.08. The van der Waals surface area contributed by atoms with Crippen LogP contribution >= 0.6 is 34.8 Å². The first-order chi connectivity index (χ1) is 6.54. The number of rotatable bonds is 3. The number of hydrogen-bond acceptors (Lipinski definition) is 1. The quantitative estimate of drug-likeness (QED) is 0.736.